The molecule has 1 saturated heterocycles. The van der Waals surface area contributed by atoms with Crippen LogP contribution in [0, 0.1) is 23.2 Å². The van der Waals surface area contributed by atoms with E-state index >= 15 is 0 Å². The quantitative estimate of drug-likeness (QED) is 0.563. The third-order valence-electron chi connectivity index (χ3n) is 6.86. The summed E-state index contributed by atoms with van der Waals surface area (Å²) in [5, 5.41) is 1.28. The van der Waals surface area contributed by atoms with Crippen molar-refractivity contribution in [1.29, 1.82) is 0 Å². The van der Waals surface area contributed by atoms with E-state index in [1.165, 1.54) is 36.0 Å². The molecule has 1 aromatic rings. The molecule has 4 aliphatic carbocycles. The van der Waals surface area contributed by atoms with Crippen molar-refractivity contribution in [3.8, 4) is 0 Å². The number of carbonyl (C=O) groups is 2. The van der Waals surface area contributed by atoms with Gasteiger partial charge in [-0.05, 0) is 80.1 Å². The van der Waals surface area contributed by atoms with Crippen molar-refractivity contribution in [3.05, 3.63) is 53.0 Å². The Morgan fingerprint density at radius 2 is 1.72 bits per heavy atom. The molecule has 1 N–H and O–H groups in total. The van der Waals surface area contributed by atoms with E-state index in [4.69, 9.17) is 12.2 Å². The molecule has 29 heavy (non-hydrogen) atoms. The van der Waals surface area contributed by atoms with Gasteiger partial charge in [0.15, 0.2) is 4.32 Å². The molecule has 4 nitrogen and oxygen atoms in total. The predicted molar refractivity (Wildman–Crippen MR) is 119 cm³/mol. The molecule has 0 aromatic heterocycles. The highest BCUT2D eigenvalue weighted by Crippen LogP contribution is 2.60. The summed E-state index contributed by atoms with van der Waals surface area (Å²) in [6.45, 7) is 0. The van der Waals surface area contributed by atoms with Gasteiger partial charge in [-0.3, -0.25) is 15.0 Å². The summed E-state index contributed by atoms with van der Waals surface area (Å²) in [5.41, 5.74) is 3.66. The molecular weight excluding hydrogens is 400 g/mol. The maximum atomic E-state index is 13.2. The minimum atomic E-state index is -0.297. The van der Waals surface area contributed by atoms with Crippen LogP contribution in [-0.2, 0) is 9.59 Å². The number of hydrogen-bond acceptors (Lipinski definition) is 4. The lowest BCUT2D eigenvalue weighted by Crippen LogP contribution is -2.57. The van der Waals surface area contributed by atoms with E-state index in [1.807, 2.05) is 42.5 Å². The van der Waals surface area contributed by atoms with Crippen LogP contribution in [0.25, 0.3) is 6.08 Å². The fourth-order valence-electron chi connectivity index (χ4n) is 6.00. The number of hydrogen-bond donors (Lipinski definition) is 1. The van der Waals surface area contributed by atoms with Gasteiger partial charge in [-0.2, -0.15) is 5.01 Å². The molecule has 5 aliphatic rings. The van der Waals surface area contributed by atoms with Crippen LogP contribution >= 0.6 is 24.0 Å². The zero-order valence-electron chi connectivity index (χ0n) is 16.2. The van der Waals surface area contributed by atoms with Gasteiger partial charge in [-0.25, -0.2) is 0 Å². The fourth-order valence-corrected chi connectivity index (χ4v) is 7.13. The van der Waals surface area contributed by atoms with Gasteiger partial charge in [-0.1, -0.05) is 54.2 Å². The van der Waals surface area contributed by atoms with Crippen molar-refractivity contribution < 1.29 is 9.59 Å². The van der Waals surface area contributed by atoms with E-state index in [0.29, 0.717) is 27.0 Å². The number of allylic oxidation sites excluding steroid dienone is 2. The van der Waals surface area contributed by atoms with Crippen molar-refractivity contribution in [2.24, 2.45) is 23.2 Å². The molecule has 1 aromatic carbocycles. The van der Waals surface area contributed by atoms with Gasteiger partial charge in [0.1, 0.15) is 0 Å². The van der Waals surface area contributed by atoms with E-state index in [2.05, 4.69) is 5.43 Å². The molecule has 6 rings (SSSR count). The van der Waals surface area contributed by atoms with Crippen LogP contribution in [-0.4, -0.2) is 21.1 Å². The van der Waals surface area contributed by atoms with Crippen LogP contribution in [0.1, 0.15) is 44.1 Å². The first kappa shape index (κ1) is 19.1. The summed E-state index contributed by atoms with van der Waals surface area (Å²) < 4.78 is 0.396. The zero-order chi connectivity index (χ0) is 20.0. The Bertz CT molecular complexity index is 887. The molecule has 0 atom stereocenters. The van der Waals surface area contributed by atoms with E-state index in [0.717, 1.165) is 24.8 Å². The lowest BCUT2D eigenvalue weighted by atomic mass is 9.49. The van der Waals surface area contributed by atoms with Crippen molar-refractivity contribution in [2.45, 2.75) is 38.5 Å². The number of nitrogens with zero attached hydrogens (tertiary/aromatic N) is 1. The summed E-state index contributed by atoms with van der Waals surface area (Å²) in [5.74, 6) is 1.80. The summed E-state index contributed by atoms with van der Waals surface area (Å²) in [6.07, 6.45) is 12.3. The van der Waals surface area contributed by atoms with Gasteiger partial charge < -0.3 is 0 Å². The largest absolute Gasteiger partial charge is 0.285 e. The highest BCUT2D eigenvalue weighted by Gasteiger charge is 2.55. The van der Waals surface area contributed by atoms with Crippen LogP contribution in [0.15, 0.2) is 47.4 Å². The van der Waals surface area contributed by atoms with E-state index in [-0.39, 0.29) is 17.2 Å². The molecule has 0 unspecified atom stereocenters. The second-order valence-corrected chi connectivity index (χ2v) is 10.6. The van der Waals surface area contributed by atoms with Crippen molar-refractivity contribution in [3.63, 3.8) is 0 Å². The van der Waals surface area contributed by atoms with Gasteiger partial charge in [0.05, 0.1) is 10.3 Å². The topological polar surface area (TPSA) is 49.4 Å². The first-order valence-electron chi connectivity index (χ1n) is 10.3. The molecule has 0 spiro atoms. The smallest absolute Gasteiger partial charge is 0.273 e. The number of benzene rings is 1. The number of amides is 2. The van der Waals surface area contributed by atoms with Crippen LogP contribution in [0.4, 0.5) is 0 Å². The molecule has 4 saturated carbocycles. The molecule has 0 radical (unpaired) electrons. The van der Waals surface area contributed by atoms with Crippen LogP contribution in [0.2, 0.25) is 0 Å². The Morgan fingerprint density at radius 1 is 1.10 bits per heavy atom. The highest BCUT2D eigenvalue weighted by molar-refractivity contribution is 8.26. The average Bonchev–Trinajstić information content (AvgIpc) is 2.95. The van der Waals surface area contributed by atoms with Gasteiger partial charge in [-0.15, -0.1) is 0 Å². The third kappa shape index (κ3) is 3.57. The number of hydrazine groups is 1. The van der Waals surface area contributed by atoms with Crippen molar-refractivity contribution >= 4 is 46.2 Å². The van der Waals surface area contributed by atoms with Crippen molar-refractivity contribution in [1.82, 2.24) is 10.4 Å². The van der Waals surface area contributed by atoms with Gasteiger partial charge in [0.25, 0.3) is 5.91 Å². The number of thioether (sulfide) groups is 1. The molecule has 150 valence electrons. The Balaban J connectivity index is 1.28. The molecule has 6 heteroatoms. The SMILES string of the molecule is O=C1/C(=C\C=C\c2ccccc2)SC(=S)N1NC(=O)C12CC3CC(CC(C3)C1)C2. The molecule has 1 heterocycles. The average molecular weight is 425 g/mol. The zero-order valence-corrected chi connectivity index (χ0v) is 17.8. The maximum absolute atomic E-state index is 13.2. The van der Waals surface area contributed by atoms with Crippen LogP contribution in [0.5, 0.6) is 0 Å². The Labute approximate surface area is 180 Å². The minimum absolute atomic E-state index is 0.00558. The molecule has 4 bridgehead atoms. The summed E-state index contributed by atoms with van der Waals surface area (Å²) in [4.78, 5) is 26.6. The minimum Gasteiger partial charge on any atom is -0.273 e. The first-order chi connectivity index (χ1) is 14.0. The number of rotatable bonds is 4. The van der Waals surface area contributed by atoms with Gasteiger partial charge in [0, 0.05) is 0 Å². The summed E-state index contributed by atoms with van der Waals surface area (Å²) in [6, 6.07) is 9.91. The second-order valence-electron chi connectivity index (χ2n) is 8.95. The Morgan fingerprint density at radius 3 is 2.34 bits per heavy atom. The summed E-state index contributed by atoms with van der Waals surface area (Å²) in [7, 11) is 0. The Hall–Kier alpha value is -1.92. The highest BCUT2D eigenvalue weighted by atomic mass is 32.2. The molecule has 2 amide bonds. The van der Waals surface area contributed by atoms with Gasteiger partial charge in [0.2, 0.25) is 5.91 Å². The number of nitrogens with one attached hydrogen (secondary N) is 1. The van der Waals surface area contributed by atoms with Crippen LogP contribution < -0.4 is 5.43 Å². The number of thiocarbonyl (C=S) groups is 1. The van der Waals surface area contributed by atoms with Gasteiger partial charge >= 0.3 is 0 Å². The summed E-state index contributed by atoms with van der Waals surface area (Å²) >= 11 is 6.63. The van der Waals surface area contributed by atoms with Crippen LogP contribution in [0.3, 0.4) is 0 Å². The Kier molecular flexibility index (Phi) is 4.87. The standard InChI is InChI=1S/C23H24N2O2S2/c26-20-19(8-4-7-15-5-2-1-3-6-15)29-22(28)25(20)24-21(27)23-12-16-9-17(13-23)11-18(10-16)14-23/h1-8,16-18H,9-14H2,(H,24,27)/b7-4+,19-8+. The predicted octanol–water partition coefficient (Wildman–Crippen LogP) is 4.69. The maximum Gasteiger partial charge on any atom is 0.285 e. The van der Waals surface area contributed by atoms with Crippen molar-refractivity contribution in [2.75, 3.05) is 0 Å². The lowest BCUT2D eigenvalue weighted by molar-refractivity contribution is -0.152. The lowest BCUT2D eigenvalue weighted by Gasteiger charge is -2.55. The fraction of sp³-hybridized carbons (Fsp3) is 0.435. The molecule has 5 fully saturated rings. The second kappa shape index (κ2) is 7.40. The molecule has 1 aliphatic heterocycles. The normalized spacial score (nSPS) is 34.6. The monoisotopic (exact) mass is 424 g/mol. The molecular formula is C23H24N2O2S2. The van der Waals surface area contributed by atoms with E-state index in [1.54, 1.807) is 6.08 Å². The van der Waals surface area contributed by atoms with E-state index in [9.17, 15) is 9.59 Å². The third-order valence-corrected chi connectivity index (χ3v) is 8.18. The first-order valence-corrected chi connectivity index (χ1v) is 11.6. The number of carbonyl (C=O) groups excluding carboxylic acids is 2. The van der Waals surface area contributed by atoms with E-state index < -0.39 is 0 Å².